The Morgan fingerprint density at radius 2 is 1.96 bits per heavy atom. The molecule has 1 saturated heterocycles. The van der Waals surface area contributed by atoms with Crippen LogP contribution in [0.5, 0.6) is 0 Å². The van der Waals surface area contributed by atoms with Gasteiger partial charge in [0.1, 0.15) is 17.8 Å². The van der Waals surface area contributed by atoms with Gasteiger partial charge in [-0.25, -0.2) is 9.97 Å². The molecule has 1 spiro atoms. The van der Waals surface area contributed by atoms with Crippen molar-refractivity contribution in [2.75, 3.05) is 31.1 Å². The van der Waals surface area contributed by atoms with E-state index in [1.807, 2.05) is 29.3 Å². The molecule has 1 saturated carbocycles. The lowest BCUT2D eigenvalue weighted by atomic mass is 10.1. The molecule has 3 heterocycles. The Bertz CT molecular complexity index is 1010. The van der Waals surface area contributed by atoms with Crippen molar-refractivity contribution >= 4 is 34.4 Å². The summed E-state index contributed by atoms with van der Waals surface area (Å²) in [5.74, 6) is 0.961. The van der Waals surface area contributed by atoms with E-state index in [9.17, 15) is 4.79 Å². The number of fused-ring (bicyclic) bond motifs is 1. The van der Waals surface area contributed by atoms with Crippen LogP contribution in [0.25, 0.3) is 11.0 Å². The van der Waals surface area contributed by atoms with Gasteiger partial charge >= 0.3 is 0 Å². The van der Waals surface area contributed by atoms with Crippen molar-refractivity contribution in [1.29, 1.82) is 0 Å². The average Bonchev–Trinajstić information content (AvgIpc) is 3.32. The van der Waals surface area contributed by atoms with Crippen LogP contribution in [-0.4, -0.2) is 51.9 Å². The lowest BCUT2D eigenvalue weighted by molar-refractivity contribution is 0.0741. The van der Waals surface area contributed by atoms with Gasteiger partial charge in [0.05, 0.1) is 16.0 Å². The number of aromatic amines is 1. The normalized spacial score (nSPS) is 18.7. The number of H-pyrrole nitrogens is 1. The monoisotopic (exact) mass is 381 g/mol. The van der Waals surface area contributed by atoms with Crippen molar-refractivity contribution in [3.63, 3.8) is 0 Å². The van der Waals surface area contributed by atoms with Gasteiger partial charge in [0, 0.05) is 37.8 Å². The molecule has 27 heavy (non-hydrogen) atoms. The third kappa shape index (κ3) is 2.94. The standard InChI is InChI=1S/C20H20ClN5O/c21-16-4-2-1-3-14(16)19(27)26-10-9-25(11-20(12-26)6-7-20)18-15-5-8-22-17(15)23-13-24-18/h1-5,8,13H,6-7,9-12H2,(H,22,23,24). The Kier molecular flexibility index (Phi) is 3.82. The lowest BCUT2D eigenvalue weighted by Crippen LogP contribution is -2.36. The van der Waals surface area contributed by atoms with Gasteiger partial charge in [0.15, 0.2) is 0 Å². The highest BCUT2D eigenvalue weighted by Gasteiger charge is 2.48. The number of hydrogen-bond donors (Lipinski definition) is 1. The number of halogens is 1. The van der Waals surface area contributed by atoms with Gasteiger partial charge in [-0.2, -0.15) is 0 Å². The average molecular weight is 382 g/mol. The Morgan fingerprint density at radius 1 is 1.11 bits per heavy atom. The van der Waals surface area contributed by atoms with Crippen LogP contribution in [0.2, 0.25) is 5.02 Å². The van der Waals surface area contributed by atoms with Crippen LogP contribution in [-0.2, 0) is 0 Å². The number of benzene rings is 1. The van der Waals surface area contributed by atoms with Gasteiger partial charge < -0.3 is 14.8 Å². The number of rotatable bonds is 2. The second-order valence-electron chi connectivity index (χ2n) is 7.57. The summed E-state index contributed by atoms with van der Waals surface area (Å²) in [6.07, 6.45) is 5.76. The van der Waals surface area contributed by atoms with Crippen molar-refractivity contribution in [3.05, 3.63) is 53.4 Å². The van der Waals surface area contributed by atoms with Crippen molar-refractivity contribution in [3.8, 4) is 0 Å². The minimum Gasteiger partial charge on any atom is -0.354 e. The van der Waals surface area contributed by atoms with Crippen molar-refractivity contribution in [2.24, 2.45) is 5.41 Å². The number of amides is 1. The first-order valence-electron chi connectivity index (χ1n) is 9.22. The molecule has 1 aliphatic carbocycles. The zero-order valence-corrected chi connectivity index (χ0v) is 15.6. The fourth-order valence-electron chi connectivity index (χ4n) is 4.02. The first kappa shape index (κ1) is 16.6. The zero-order valence-electron chi connectivity index (χ0n) is 14.9. The predicted octanol–water partition coefficient (Wildman–Crippen LogP) is 3.35. The van der Waals surface area contributed by atoms with E-state index in [2.05, 4.69) is 19.9 Å². The largest absolute Gasteiger partial charge is 0.354 e. The summed E-state index contributed by atoms with van der Waals surface area (Å²) in [6.45, 7) is 3.09. The molecule has 0 unspecified atom stereocenters. The molecule has 2 aromatic heterocycles. The molecule has 1 aliphatic heterocycles. The molecule has 1 N–H and O–H groups in total. The zero-order chi connectivity index (χ0) is 18.4. The van der Waals surface area contributed by atoms with E-state index in [0.29, 0.717) is 17.1 Å². The van der Waals surface area contributed by atoms with Gasteiger partial charge in [-0.1, -0.05) is 23.7 Å². The van der Waals surface area contributed by atoms with Gasteiger partial charge in [0.25, 0.3) is 5.91 Å². The van der Waals surface area contributed by atoms with E-state index in [4.69, 9.17) is 11.6 Å². The predicted molar refractivity (Wildman–Crippen MR) is 105 cm³/mol. The second-order valence-corrected chi connectivity index (χ2v) is 7.97. The van der Waals surface area contributed by atoms with E-state index in [-0.39, 0.29) is 11.3 Å². The van der Waals surface area contributed by atoms with Crippen LogP contribution in [0.15, 0.2) is 42.9 Å². The van der Waals surface area contributed by atoms with Gasteiger partial charge in [0.2, 0.25) is 0 Å². The van der Waals surface area contributed by atoms with E-state index >= 15 is 0 Å². The summed E-state index contributed by atoms with van der Waals surface area (Å²) in [7, 11) is 0. The Hall–Kier alpha value is -2.60. The molecule has 3 aromatic rings. The maximum Gasteiger partial charge on any atom is 0.255 e. The Balaban J connectivity index is 1.45. The molecular formula is C20H20ClN5O. The van der Waals surface area contributed by atoms with Crippen molar-refractivity contribution in [2.45, 2.75) is 12.8 Å². The topological polar surface area (TPSA) is 65.1 Å². The summed E-state index contributed by atoms with van der Waals surface area (Å²) < 4.78 is 0. The van der Waals surface area contributed by atoms with Crippen LogP contribution >= 0.6 is 11.6 Å². The fourth-order valence-corrected chi connectivity index (χ4v) is 4.24. The third-order valence-corrected chi connectivity index (χ3v) is 6.00. The molecule has 138 valence electrons. The minimum absolute atomic E-state index is 0.0169. The molecule has 0 atom stereocenters. The molecule has 0 radical (unpaired) electrons. The van der Waals surface area contributed by atoms with Gasteiger partial charge in [-0.15, -0.1) is 0 Å². The summed E-state index contributed by atoms with van der Waals surface area (Å²) in [5, 5.41) is 1.54. The number of anilines is 1. The molecule has 5 rings (SSSR count). The summed E-state index contributed by atoms with van der Waals surface area (Å²) in [4.78, 5) is 29.4. The second kappa shape index (κ2) is 6.23. The molecule has 1 amide bonds. The maximum atomic E-state index is 13.1. The molecule has 0 bridgehead atoms. The Morgan fingerprint density at radius 3 is 2.78 bits per heavy atom. The van der Waals surface area contributed by atoms with E-state index < -0.39 is 0 Å². The molecule has 6 nitrogen and oxygen atoms in total. The SMILES string of the molecule is O=C(c1ccccc1Cl)N1CCN(c2ncnc3[nH]ccc23)CC2(CC2)C1. The molecule has 7 heteroatoms. The minimum atomic E-state index is 0.0169. The number of carbonyl (C=O) groups is 1. The molecular weight excluding hydrogens is 362 g/mol. The summed E-state index contributed by atoms with van der Waals surface area (Å²) in [6, 6.07) is 9.31. The van der Waals surface area contributed by atoms with Crippen LogP contribution < -0.4 is 4.90 Å². The van der Waals surface area contributed by atoms with Crippen LogP contribution in [0.1, 0.15) is 23.2 Å². The lowest BCUT2D eigenvalue weighted by Gasteiger charge is -2.25. The quantitative estimate of drug-likeness (QED) is 0.739. The van der Waals surface area contributed by atoms with Crippen molar-refractivity contribution < 1.29 is 4.79 Å². The number of aromatic nitrogens is 3. The fraction of sp³-hybridized carbons (Fsp3) is 0.350. The summed E-state index contributed by atoms with van der Waals surface area (Å²) in [5.41, 5.74) is 1.58. The highest BCUT2D eigenvalue weighted by atomic mass is 35.5. The third-order valence-electron chi connectivity index (χ3n) is 5.67. The highest BCUT2D eigenvalue weighted by molar-refractivity contribution is 6.33. The highest BCUT2D eigenvalue weighted by Crippen LogP contribution is 2.48. The summed E-state index contributed by atoms with van der Waals surface area (Å²) >= 11 is 6.26. The van der Waals surface area contributed by atoms with Crippen LogP contribution in [0, 0.1) is 5.41 Å². The number of carbonyl (C=O) groups excluding carboxylic acids is 1. The molecule has 2 aliphatic rings. The molecule has 1 aromatic carbocycles. The first-order chi connectivity index (χ1) is 13.2. The van der Waals surface area contributed by atoms with E-state index in [1.165, 1.54) is 0 Å². The van der Waals surface area contributed by atoms with E-state index in [1.54, 1.807) is 18.5 Å². The number of nitrogens with one attached hydrogen (secondary N) is 1. The smallest absolute Gasteiger partial charge is 0.255 e. The van der Waals surface area contributed by atoms with Gasteiger partial charge in [-0.3, -0.25) is 4.79 Å². The van der Waals surface area contributed by atoms with E-state index in [0.717, 1.165) is 49.3 Å². The van der Waals surface area contributed by atoms with Crippen LogP contribution in [0.3, 0.4) is 0 Å². The number of hydrogen-bond acceptors (Lipinski definition) is 4. The van der Waals surface area contributed by atoms with Crippen LogP contribution in [0.4, 0.5) is 5.82 Å². The van der Waals surface area contributed by atoms with Crippen molar-refractivity contribution in [1.82, 2.24) is 19.9 Å². The van der Waals surface area contributed by atoms with Gasteiger partial charge in [-0.05, 0) is 31.0 Å². The maximum absolute atomic E-state index is 13.1. The molecule has 2 fully saturated rings. The number of nitrogens with zero attached hydrogens (tertiary/aromatic N) is 4. The first-order valence-corrected chi connectivity index (χ1v) is 9.60. The Labute approximate surface area is 162 Å².